The molecule has 0 aliphatic carbocycles. The van der Waals surface area contributed by atoms with Crippen LogP contribution >= 0.6 is 11.9 Å². The van der Waals surface area contributed by atoms with Gasteiger partial charge in [-0.3, -0.25) is 0 Å². The number of methoxy groups -OCH3 is 1. The molecular formula is C21H22N4OS. The first kappa shape index (κ1) is 18.1. The highest BCUT2D eigenvalue weighted by Crippen LogP contribution is 2.35. The molecule has 0 amide bonds. The van der Waals surface area contributed by atoms with Gasteiger partial charge in [0.2, 0.25) is 0 Å². The second-order valence-corrected chi connectivity index (χ2v) is 7.84. The van der Waals surface area contributed by atoms with Crippen molar-refractivity contribution >= 4 is 17.5 Å². The van der Waals surface area contributed by atoms with E-state index in [0.29, 0.717) is 12.5 Å². The van der Waals surface area contributed by atoms with E-state index in [0.717, 1.165) is 42.6 Å². The molecule has 0 N–H and O–H groups in total. The highest BCUT2D eigenvalue weighted by atomic mass is 32.2. The number of benzene rings is 1. The molecule has 0 bridgehead atoms. The lowest BCUT2D eigenvalue weighted by Crippen LogP contribution is -2.32. The van der Waals surface area contributed by atoms with Crippen LogP contribution in [0.2, 0.25) is 0 Å². The second kappa shape index (κ2) is 8.13. The molecule has 6 heteroatoms. The summed E-state index contributed by atoms with van der Waals surface area (Å²) in [6.07, 6.45) is 6.66. The fourth-order valence-corrected chi connectivity index (χ4v) is 4.60. The topological polar surface area (TPSA) is 53.6 Å². The highest BCUT2D eigenvalue weighted by molar-refractivity contribution is 7.97. The molecule has 138 valence electrons. The molecule has 1 aromatic carbocycles. The van der Waals surface area contributed by atoms with E-state index in [9.17, 15) is 0 Å². The Hall–Kier alpha value is -2.33. The maximum absolute atomic E-state index is 9.04. The largest absolute Gasteiger partial charge is 0.381 e. The summed E-state index contributed by atoms with van der Waals surface area (Å²) in [7, 11) is 1.80. The quantitative estimate of drug-likeness (QED) is 0.623. The van der Waals surface area contributed by atoms with Crippen molar-refractivity contribution in [3.63, 3.8) is 0 Å². The minimum Gasteiger partial charge on any atom is -0.381 e. The van der Waals surface area contributed by atoms with Crippen molar-refractivity contribution in [3.05, 3.63) is 54.4 Å². The van der Waals surface area contributed by atoms with E-state index in [2.05, 4.69) is 51.9 Å². The summed E-state index contributed by atoms with van der Waals surface area (Å²) in [5.74, 6) is 0. The first-order valence-corrected chi connectivity index (χ1v) is 9.94. The number of pyridine rings is 1. The van der Waals surface area contributed by atoms with Crippen molar-refractivity contribution in [2.75, 3.05) is 20.2 Å². The fraction of sp³-hybridized carbons (Fsp3) is 0.333. The average molecular weight is 379 g/mol. The van der Waals surface area contributed by atoms with Crippen LogP contribution < -0.4 is 0 Å². The van der Waals surface area contributed by atoms with Crippen LogP contribution in [0.4, 0.5) is 0 Å². The van der Waals surface area contributed by atoms with E-state index in [1.54, 1.807) is 13.3 Å². The summed E-state index contributed by atoms with van der Waals surface area (Å²) < 4.78 is 9.74. The van der Waals surface area contributed by atoms with E-state index in [4.69, 9.17) is 10.00 Å². The SMILES string of the molecule is COC1CCN(Sc2ccccc2-c2ccn3ncc(CC#N)c3c2)CC1. The molecule has 27 heavy (non-hydrogen) atoms. The first-order valence-electron chi connectivity index (χ1n) is 9.17. The summed E-state index contributed by atoms with van der Waals surface area (Å²) in [6, 6.07) is 15.0. The van der Waals surface area contributed by atoms with Gasteiger partial charge in [0.25, 0.3) is 0 Å². The van der Waals surface area contributed by atoms with Crippen LogP contribution in [-0.4, -0.2) is 40.2 Å². The Morgan fingerprint density at radius 1 is 1.26 bits per heavy atom. The Morgan fingerprint density at radius 3 is 2.85 bits per heavy atom. The molecule has 0 atom stereocenters. The molecular weight excluding hydrogens is 356 g/mol. The Bertz CT molecular complexity index is 970. The molecule has 1 saturated heterocycles. The number of nitrogens with zero attached hydrogens (tertiary/aromatic N) is 4. The van der Waals surface area contributed by atoms with Gasteiger partial charge in [0.15, 0.2) is 0 Å². The number of aromatic nitrogens is 2. The van der Waals surface area contributed by atoms with Gasteiger partial charge in [0, 0.05) is 36.9 Å². The van der Waals surface area contributed by atoms with Crippen LogP contribution in [0.25, 0.3) is 16.6 Å². The molecule has 3 heterocycles. The molecule has 0 radical (unpaired) electrons. The van der Waals surface area contributed by atoms with Gasteiger partial charge >= 0.3 is 0 Å². The van der Waals surface area contributed by atoms with Gasteiger partial charge in [-0.2, -0.15) is 10.4 Å². The number of piperidine rings is 1. The predicted octanol–water partition coefficient (Wildman–Crippen LogP) is 4.19. The maximum atomic E-state index is 9.04. The number of hydrogen-bond acceptors (Lipinski definition) is 5. The Labute approximate surface area is 163 Å². The zero-order valence-corrected chi connectivity index (χ0v) is 16.2. The van der Waals surface area contributed by atoms with E-state index < -0.39 is 0 Å². The standard InChI is InChI=1S/C21H22N4OS/c1-26-18-8-11-24(12-9-18)27-21-5-3-2-4-19(21)16-7-13-25-20(14-16)17(6-10-22)15-23-25/h2-5,7,13-15,18H,6,8-9,11-12H2,1H3. The third kappa shape index (κ3) is 3.86. The van der Waals surface area contributed by atoms with Crippen LogP contribution in [-0.2, 0) is 11.2 Å². The molecule has 2 aromatic heterocycles. The first-order chi connectivity index (χ1) is 13.3. The molecule has 1 aliphatic heterocycles. The van der Waals surface area contributed by atoms with Crippen molar-refractivity contribution in [3.8, 4) is 17.2 Å². The van der Waals surface area contributed by atoms with Crippen molar-refractivity contribution < 1.29 is 4.74 Å². The van der Waals surface area contributed by atoms with Gasteiger partial charge in [-0.05, 0) is 54.1 Å². The molecule has 1 aliphatic rings. The number of rotatable bonds is 5. The third-order valence-electron chi connectivity index (χ3n) is 5.03. The minimum absolute atomic E-state index is 0.373. The summed E-state index contributed by atoms with van der Waals surface area (Å²) in [4.78, 5) is 1.25. The van der Waals surface area contributed by atoms with Crippen molar-refractivity contribution in [1.29, 1.82) is 5.26 Å². The lowest BCUT2D eigenvalue weighted by atomic mass is 10.1. The Kier molecular flexibility index (Phi) is 5.44. The van der Waals surface area contributed by atoms with Crippen LogP contribution in [0, 0.1) is 11.3 Å². The minimum atomic E-state index is 0.373. The monoisotopic (exact) mass is 378 g/mol. The van der Waals surface area contributed by atoms with Gasteiger partial charge in [-0.15, -0.1) is 0 Å². The van der Waals surface area contributed by atoms with Crippen LogP contribution in [0.1, 0.15) is 18.4 Å². The van der Waals surface area contributed by atoms with Gasteiger partial charge in [0.05, 0.1) is 30.3 Å². The summed E-state index contributed by atoms with van der Waals surface area (Å²) in [5.41, 5.74) is 4.32. The summed E-state index contributed by atoms with van der Waals surface area (Å²) >= 11 is 1.82. The van der Waals surface area contributed by atoms with Gasteiger partial charge in [-0.25, -0.2) is 8.82 Å². The van der Waals surface area contributed by atoms with Gasteiger partial charge < -0.3 is 4.74 Å². The summed E-state index contributed by atoms with van der Waals surface area (Å²) in [6.45, 7) is 2.07. The highest BCUT2D eigenvalue weighted by Gasteiger charge is 2.20. The van der Waals surface area contributed by atoms with Crippen LogP contribution in [0.5, 0.6) is 0 Å². The van der Waals surface area contributed by atoms with Crippen molar-refractivity contribution in [2.45, 2.75) is 30.3 Å². The van der Waals surface area contributed by atoms with E-state index in [-0.39, 0.29) is 0 Å². The van der Waals surface area contributed by atoms with E-state index in [1.807, 2.05) is 22.7 Å². The second-order valence-electron chi connectivity index (χ2n) is 6.70. The maximum Gasteiger partial charge on any atom is 0.0710 e. The molecule has 1 fully saturated rings. The normalized spacial score (nSPS) is 15.9. The molecule has 5 nitrogen and oxygen atoms in total. The molecule has 0 saturated carbocycles. The molecule has 0 unspecified atom stereocenters. The van der Waals surface area contributed by atoms with E-state index in [1.165, 1.54) is 10.5 Å². The van der Waals surface area contributed by atoms with Crippen LogP contribution in [0.15, 0.2) is 53.7 Å². The smallest absolute Gasteiger partial charge is 0.0710 e. The lowest BCUT2D eigenvalue weighted by Gasteiger charge is -2.30. The van der Waals surface area contributed by atoms with Gasteiger partial charge in [-0.1, -0.05) is 18.2 Å². The zero-order chi connectivity index (χ0) is 18.6. The van der Waals surface area contributed by atoms with Crippen LogP contribution in [0.3, 0.4) is 0 Å². The predicted molar refractivity (Wildman–Crippen MR) is 107 cm³/mol. The molecule has 4 rings (SSSR count). The average Bonchev–Trinajstić information content (AvgIpc) is 3.11. The van der Waals surface area contributed by atoms with Crippen molar-refractivity contribution in [1.82, 2.24) is 13.9 Å². The fourth-order valence-electron chi connectivity index (χ4n) is 3.50. The summed E-state index contributed by atoms with van der Waals surface area (Å²) in [5, 5.41) is 13.4. The lowest BCUT2D eigenvalue weighted by molar-refractivity contribution is 0.0624. The Morgan fingerprint density at radius 2 is 2.07 bits per heavy atom. The molecule has 3 aromatic rings. The number of ether oxygens (including phenoxy) is 1. The third-order valence-corrected chi connectivity index (χ3v) is 6.21. The van der Waals surface area contributed by atoms with Crippen molar-refractivity contribution in [2.24, 2.45) is 0 Å². The van der Waals surface area contributed by atoms with E-state index >= 15 is 0 Å². The number of hydrogen-bond donors (Lipinski definition) is 0. The zero-order valence-electron chi connectivity index (χ0n) is 15.3. The molecule has 0 spiro atoms. The Balaban J connectivity index is 1.62. The van der Waals surface area contributed by atoms with Gasteiger partial charge in [0.1, 0.15) is 0 Å². The number of fused-ring (bicyclic) bond motifs is 1. The number of nitriles is 1.